The zero-order valence-electron chi connectivity index (χ0n) is 25.1. The van der Waals surface area contributed by atoms with Gasteiger partial charge in [0, 0.05) is 44.4 Å². The number of carbonyl (C=O) groups is 3. The van der Waals surface area contributed by atoms with Crippen LogP contribution in [-0.2, 0) is 19.0 Å². The highest BCUT2D eigenvalue weighted by Gasteiger charge is 2.26. The predicted molar refractivity (Wildman–Crippen MR) is 151 cm³/mol. The van der Waals surface area contributed by atoms with Crippen LogP contribution in [0.3, 0.4) is 0 Å². The molecule has 0 aromatic heterocycles. The molecule has 10 nitrogen and oxygen atoms in total. The predicted octanol–water partition coefficient (Wildman–Crippen LogP) is 5.41. The van der Waals surface area contributed by atoms with Gasteiger partial charge in [-0.2, -0.15) is 0 Å². The minimum Gasteiger partial charge on any atom is -0.507 e. The maximum atomic E-state index is 12.9. The lowest BCUT2D eigenvalue weighted by Gasteiger charge is -2.31. The quantitative estimate of drug-likeness (QED) is 0.223. The van der Waals surface area contributed by atoms with Crippen LogP contribution < -0.4 is 0 Å². The van der Waals surface area contributed by atoms with Crippen LogP contribution in [0.4, 0.5) is 9.59 Å². The van der Waals surface area contributed by atoms with E-state index in [4.69, 9.17) is 14.2 Å². The van der Waals surface area contributed by atoms with Crippen LogP contribution in [0.15, 0.2) is 29.3 Å². The minimum atomic E-state index is -0.705. The first kappa shape index (κ1) is 33.7. The van der Waals surface area contributed by atoms with E-state index in [0.717, 1.165) is 0 Å². The lowest BCUT2D eigenvalue weighted by atomic mass is 10.2. The third-order valence-corrected chi connectivity index (χ3v) is 4.84. The molecule has 1 aromatic rings. The van der Waals surface area contributed by atoms with Gasteiger partial charge < -0.3 is 29.1 Å². The number of hydrogen-bond donors (Lipinski definition) is 1. The Labute approximate surface area is 233 Å². The van der Waals surface area contributed by atoms with Crippen molar-refractivity contribution >= 4 is 24.4 Å². The molecule has 220 valence electrons. The standard InChI is InChI=1S/C29H47N3O7/c1-27(2,3)37-24(34)15-12-17-31(25(35)38-28(4,5)6)19-20-32(26(36)39-29(7,8)9)18-16-30-21-22-13-10-11-14-23(22)33/h10-11,13-14,21,33H,12,15-20H2,1-9H3. The fraction of sp³-hybridized carbons (Fsp3) is 0.655. The fourth-order valence-corrected chi connectivity index (χ4v) is 3.23. The average Bonchev–Trinajstić information content (AvgIpc) is 2.74. The van der Waals surface area contributed by atoms with E-state index in [1.54, 1.807) is 92.8 Å². The summed E-state index contributed by atoms with van der Waals surface area (Å²) in [5, 5.41) is 9.92. The fourth-order valence-electron chi connectivity index (χ4n) is 3.23. The Hall–Kier alpha value is -3.30. The summed E-state index contributed by atoms with van der Waals surface area (Å²) in [6.45, 7) is 17.2. The van der Waals surface area contributed by atoms with E-state index in [2.05, 4.69) is 4.99 Å². The van der Waals surface area contributed by atoms with Crippen molar-refractivity contribution in [2.45, 2.75) is 92.0 Å². The summed E-state index contributed by atoms with van der Waals surface area (Å²) in [5.74, 6) is -0.228. The molecule has 0 fully saturated rings. The van der Waals surface area contributed by atoms with E-state index in [1.165, 1.54) is 9.80 Å². The molecule has 0 saturated carbocycles. The number of hydrogen-bond acceptors (Lipinski definition) is 8. The molecule has 0 aliphatic heterocycles. The van der Waals surface area contributed by atoms with Crippen LogP contribution in [0.2, 0.25) is 0 Å². The molecule has 1 rings (SSSR count). The molecule has 1 N–H and O–H groups in total. The molecule has 0 saturated heterocycles. The molecular formula is C29H47N3O7. The van der Waals surface area contributed by atoms with Gasteiger partial charge in [-0.3, -0.25) is 9.79 Å². The van der Waals surface area contributed by atoms with E-state index in [9.17, 15) is 19.5 Å². The molecule has 0 heterocycles. The van der Waals surface area contributed by atoms with Crippen LogP contribution in [0, 0.1) is 0 Å². The highest BCUT2D eigenvalue weighted by atomic mass is 16.6. The SMILES string of the molecule is CC(C)(C)OC(=O)CCCN(CCN(CCN=Cc1ccccc1O)C(=O)OC(C)(C)C)C(=O)OC(C)(C)C. The zero-order valence-corrected chi connectivity index (χ0v) is 25.1. The number of carbonyl (C=O) groups excluding carboxylic acids is 3. The van der Waals surface area contributed by atoms with Gasteiger partial charge in [0.15, 0.2) is 0 Å². The van der Waals surface area contributed by atoms with Gasteiger partial charge >= 0.3 is 18.2 Å². The van der Waals surface area contributed by atoms with Gasteiger partial charge in [-0.15, -0.1) is 0 Å². The zero-order chi connectivity index (χ0) is 29.9. The van der Waals surface area contributed by atoms with Gasteiger partial charge in [0.25, 0.3) is 0 Å². The summed E-state index contributed by atoms with van der Waals surface area (Å²) < 4.78 is 16.5. The number of benzene rings is 1. The molecule has 0 aliphatic rings. The Morgan fingerprint density at radius 2 is 1.26 bits per heavy atom. The first-order valence-electron chi connectivity index (χ1n) is 13.3. The second-order valence-corrected chi connectivity index (χ2v) is 12.2. The summed E-state index contributed by atoms with van der Waals surface area (Å²) in [7, 11) is 0. The van der Waals surface area contributed by atoms with E-state index in [0.29, 0.717) is 12.0 Å². The third-order valence-electron chi connectivity index (χ3n) is 4.84. The first-order chi connectivity index (χ1) is 17.9. The number of rotatable bonds is 11. The Morgan fingerprint density at radius 3 is 1.74 bits per heavy atom. The number of para-hydroxylation sites is 1. The number of ether oxygens (including phenoxy) is 3. The number of phenolic OH excluding ortho intramolecular Hbond substituents is 1. The Kier molecular flexibility index (Phi) is 12.8. The summed E-state index contributed by atoms with van der Waals surface area (Å²) in [5.41, 5.74) is -1.42. The van der Waals surface area contributed by atoms with Crippen LogP contribution in [0.1, 0.15) is 80.7 Å². The Morgan fingerprint density at radius 1 is 0.769 bits per heavy atom. The van der Waals surface area contributed by atoms with Crippen LogP contribution >= 0.6 is 0 Å². The van der Waals surface area contributed by atoms with Gasteiger partial charge in [-0.05, 0) is 80.9 Å². The second-order valence-electron chi connectivity index (χ2n) is 12.2. The summed E-state index contributed by atoms with van der Waals surface area (Å²) in [6, 6.07) is 6.83. The van der Waals surface area contributed by atoms with Crippen LogP contribution in [0.25, 0.3) is 0 Å². The van der Waals surface area contributed by atoms with Crippen molar-refractivity contribution in [3.63, 3.8) is 0 Å². The number of aliphatic imine (C=N–C) groups is 1. The number of phenols is 1. The van der Waals surface area contributed by atoms with Crippen molar-refractivity contribution in [1.82, 2.24) is 9.80 Å². The molecule has 0 spiro atoms. The van der Waals surface area contributed by atoms with Crippen LogP contribution in [0.5, 0.6) is 5.75 Å². The highest BCUT2D eigenvalue weighted by molar-refractivity contribution is 5.83. The van der Waals surface area contributed by atoms with Crippen molar-refractivity contribution in [1.29, 1.82) is 0 Å². The van der Waals surface area contributed by atoms with Gasteiger partial charge in [0.2, 0.25) is 0 Å². The maximum absolute atomic E-state index is 12.9. The normalized spacial score (nSPS) is 12.2. The molecule has 2 amide bonds. The summed E-state index contributed by atoms with van der Waals surface area (Å²) in [4.78, 5) is 45.3. The van der Waals surface area contributed by atoms with Crippen molar-refractivity contribution in [2.75, 3.05) is 32.7 Å². The third kappa shape index (κ3) is 15.6. The van der Waals surface area contributed by atoms with E-state index < -0.39 is 29.0 Å². The maximum Gasteiger partial charge on any atom is 0.410 e. The lowest BCUT2D eigenvalue weighted by molar-refractivity contribution is -0.155. The topological polar surface area (TPSA) is 118 Å². The molecule has 0 radical (unpaired) electrons. The van der Waals surface area contributed by atoms with E-state index in [-0.39, 0.29) is 50.9 Å². The summed E-state index contributed by atoms with van der Waals surface area (Å²) >= 11 is 0. The smallest absolute Gasteiger partial charge is 0.410 e. The highest BCUT2D eigenvalue weighted by Crippen LogP contribution is 2.15. The van der Waals surface area contributed by atoms with Gasteiger partial charge in [-0.25, -0.2) is 9.59 Å². The number of aromatic hydroxyl groups is 1. The summed E-state index contributed by atoms with van der Waals surface area (Å²) in [6.07, 6.45) is 1.01. The van der Waals surface area contributed by atoms with Crippen LogP contribution in [-0.4, -0.2) is 88.8 Å². The van der Waals surface area contributed by atoms with Crippen molar-refractivity contribution in [3.8, 4) is 5.75 Å². The molecule has 39 heavy (non-hydrogen) atoms. The minimum absolute atomic E-state index is 0.115. The number of nitrogens with zero attached hydrogens (tertiary/aromatic N) is 3. The van der Waals surface area contributed by atoms with Gasteiger partial charge in [0.1, 0.15) is 22.6 Å². The largest absolute Gasteiger partial charge is 0.507 e. The lowest BCUT2D eigenvalue weighted by Crippen LogP contribution is -2.45. The Balaban J connectivity index is 2.92. The van der Waals surface area contributed by atoms with E-state index in [1.807, 2.05) is 0 Å². The molecule has 1 aromatic carbocycles. The van der Waals surface area contributed by atoms with Crippen molar-refractivity contribution in [3.05, 3.63) is 29.8 Å². The molecule has 0 bridgehead atoms. The Bertz CT molecular complexity index is 972. The van der Waals surface area contributed by atoms with Crippen molar-refractivity contribution < 1.29 is 33.7 Å². The molecule has 0 unspecified atom stereocenters. The molecular weight excluding hydrogens is 502 g/mol. The molecule has 0 atom stereocenters. The number of esters is 1. The van der Waals surface area contributed by atoms with Gasteiger partial charge in [-0.1, -0.05) is 12.1 Å². The van der Waals surface area contributed by atoms with Gasteiger partial charge in [0.05, 0.1) is 6.54 Å². The molecule has 10 heteroatoms. The molecule has 0 aliphatic carbocycles. The second kappa shape index (κ2) is 14.7. The monoisotopic (exact) mass is 549 g/mol. The van der Waals surface area contributed by atoms with Crippen molar-refractivity contribution in [2.24, 2.45) is 4.99 Å². The van der Waals surface area contributed by atoms with E-state index >= 15 is 0 Å². The first-order valence-corrected chi connectivity index (χ1v) is 13.3. The average molecular weight is 550 g/mol. The number of amides is 2.